The largest absolute Gasteiger partial charge is 0.478 e. The number of hydrogen-bond donors (Lipinski definition) is 1. The van der Waals surface area contributed by atoms with Gasteiger partial charge in [0.05, 0.1) is 7.11 Å². The molecule has 0 radical (unpaired) electrons. The minimum atomic E-state index is -0.705. The highest BCUT2D eigenvalue weighted by atomic mass is 16.6. The number of nitrogens with two attached hydrogens (primary N) is 1. The number of rotatable bonds is 6. The van der Waals surface area contributed by atoms with Gasteiger partial charge in [0.25, 0.3) is 0 Å². The Hall–Kier alpha value is -3.27. The van der Waals surface area contributed by atoms with E-state index < -0.39 is 12.1 Å². The summed E-state index contributed by atoms with van der Waals surface area (Å²) in [5, 5.41) is 0. The summed E-state index contributed by atoms with van der Waals surface area (Å²) in [5.41, 5.74) is 9.50. The van der Waals surface area contributed by atoms with Crippen LogP contribution in [0.2, 0.25) is 0 Å². The number of carbonyl (C=O) groups excluding carboxylic acids is 1. The molecule has 3 rings (SSSR count). The minimum Gasteiger partial charge on any atom is -0.478 e. The molecule has 0 amide bonds. The normalized spacial score (nSPS) is 11.6. The predicted molar refractivity (Wildman–Crippen MR) is 103 cm³/mol. The minimum absolute atomic E-state index is 0.397. The lowest BCUT2D eigenvalue weighted by Gasteiger charge is -2.17. The Bertz CT molecular complexity index is 860. The zero-order chi connectivity index (χ0) is 18.4. The molecule has 0 aliphatic rings. The molecular weight excluding hydrogens is 326 g/mol. The molecule has 0 heterocycles. The summed E-state index contributed by atoms with van der Waals surface area (Å²) in [6.45, 7) is 0. The quantitative estimate of drug-likeness (QED) is 0.539. The van der Waals surface area contributed by atoms with Gasteiger partial charge in [-0.1, -0.05) is 54.6 Å². The van der Waals surface area contributed by atoms with E-state index in [1.54, 1.807) is 0 Å². The third-order valence-electron chi connectivity index (χ3n) is 4.08. The van der Waals surface area contributed by atoms with E-state index in [0.717, 1.165) is 22.4 Å². The van der Waals surface area contributed by atoms with Crippen LogP contribution in [0, 0.1) is 0 Å². The van der Waals surface area contributed by atoms with Crippen molar-refractivity contribution in [3.63, 3.8) is 0 Å². The molecule has 26 heavy (non-hydrogen) atoms. The fourth-order valence-electron chi connectivity index (χ4n) is 2.72. The molecule has 0 saturated carbocycles. The van der Waals surface area contributed by atoms with E-state index in [1.807, 2.05) is 78.9 Å². The number of anilines is 1. The number of methoxy groups -OCH3 is 1. The van der Waals surface area contributed by atoms with Crippen molar-refractivity contribution >= 4 is 11.7 Å². The lowest BCUT2D eigenvalue weighted by atomic mass is 10.0. The van der Waals surface area contributed by atoms with Gasteiger partial charge in [0.1, 0.15) is 5.75 Å². The maximum Gasteiger partial charge on any atom is 0.347 e. The van der Waals surface area contributed by atoms with Crippen molar-refractivity contribution in [2.75, 3.05) is 12.8 Å². The fraction of sp³-hybridized carbons (Fsp3) is 0.136. The molecule has 2 N–H and O–H groups in total. The van der Waals surface area contributed by atoms with Crippen LogP contribution in [-0.4, -0.2) is 19.2 Å². The molecule has 0 saturated heterocycles. The zero-order valence-electron chi connectivity index (χ0n) is 14.6. The Balaban J connectivity index is 1.81. The fourth-order valence-corrected chi connectivity index (χ4v) is 2.72. The Morgan fingerprint density at radius 2 is 1.65 bits per heavy atom. The molecule has 132 valence electrons. The predicted octanol–water partition coefficient (Wildman–Crippen LogP) is 4.10. The third-order valence-corrected chi connectivity index (χ3v) is 4.08. The number of carbonyl (C=O) groups is 1. The van der Waals surface area contributed by atoms with Crippen LogP contribution in [0.3, 0.4) is 0 Å². The molecule has 0 aliphatic heterocycles. The number of ether oxygens (including phenoxy) is 2. The van der Waals surface area contributed by atoms with E-state index >= 15 is 0 Å². The number of hydrogen-bond acceptors (Lipinski definition) is 4. The average molecular weight is 347 g/mol. The van der Waals surface area contributed by atoms with Crippen LogP contribution < -0.4 is 10.5 Å². The second-order valence-electron chi connectivity index (χ2n) is 5.97. The topological polar surface area (TPSA) is 61.5 Å². The first kappa shape index (κ1) is 17.5. The van der Waals surface area contributed by atoms with Crippen LogP contribution in [0.25, 0.3) is 11.1 Å². The maximum atomic E-state index is 12.2. The Morgan fingerprint density at radius 1 is 0.923 bits per heavy atom. The highest BCUT2D eigenvalue weighted by molar-refractivity contribution is 5.75. The first-order chi connectivity index (χ1) is 12.7. The van der Waals surface area contributed by atoms with Crippen LogP contribution in [0.15, 0.2) is 78.9 Å². The van der Waals surface area contributed by atoms with Gasteiger partial charge in [0.2, 0.25) is 0 Å². The molecule has 4 nitrogen and oxygen atoms in total. The van der Waals surface area contributed by atoms with E-state index in [0.29, 0.717) is 12.2 Å². The number of benzene rings is 3. The molecule has 0 aromatic heterocycles. The SMILES string of the molecule is COC(=O)C(Cc1ccccc1)Oc1cccc(-c2ccc(N)cc2)c1. The molecule has 3 aromatic rings. The second-order valence-corrected chi connectivity index (χ2v) is 5.97. The van der Waals surface area contributed by atoms with Crippen molar-refractivity contribution in [3.8, 4) is 16.9 Å². The highest BCUT2D eigenvalue weighted by Gasteiger charge is 2.22. The first-order valence-electron chi connectivity index (χ1n) is 8.40. The van der Waals surface area contributed by atoms with E-state index in [1.165, 1.54) is 7.11 Å². The molecule has 1 unspecified atom stereocenters. The lowest BCUT2D eigenvalue weighted by Crippen LogP contribution is -2.30. The van der Waals surface area contributed by atoms with Crippen LogP contribution in [-0.2, 0) is 16.0 Å². The smallest absolute Gasteiger partial charge is 0.347 e. The standard InChI is InChI=1S/C22H21NO3/c1-25-22(24)21(14-16-6-3-2-4-7-16)26-20-9-5-8-18(15-20)17-10-12-19(23)13-11-17/h2-13,15,21H,14,23H2,1H3. The van der Waals surface area contributed by atoms with Crippen molar-refractivity contribution in [1.82, 2.24) is 0 Å². The summed E-state index contributed by atoms with van der Waals surface area (Å²) in [6.07, 6.45) is -0.261. The molecular formula is C22H21NO3. The first-order valence-corrected chi connectivity index (χ1v) is 8.40. The van der Waals surface area contributed by atoms with Crippen LogP contribution >= 0.6 is 0 Å². The van der Waals surface area contributed by atoms with Crippen molar-refractivity contribution < 1.29 is 14.3 Å². The highest BCUT2D eigenvalue weighted by Crippen LogP contribution is 2.25. The van der Waals surface area contributed by atoms with E-state index in [9.17, 15) is 4.79 Å². The maximum absolute atomic E-state index is 12.2. The van der Waals surface area contributed by atoms with E-state index in [4.69, 9.17) is 15.2 Å². The lowest BCUT2D eigenvalue weighted by molar-refractivity contribution is -0.148. The van der Waals surface area contributed by atoms with Gasteiger partial charge in [-0.3, -0.25) is 0 Å². The van der Waals surface area contributed by atoms with Gasteiger partial charge in [0, 0.05) is 12.1 Å². The molecule has 4 heteroatoms. The zero-order valence-corrected chi connectivity index (χ0v) is 14.6. The molecule has 1 atom stereocenters. The van der Waals surface area contributed by atoms with Crippen molar-refractivity contribution in [2.45, 2.75) is 12.5 Å². The Kier molecular flexibility index (Phi) is 5.54. The summed E-state index contributed by atoms with van der Waals surface area (Å²) in [6, 6.07) is 25.0. The Labute approximate surface area is 153 Å². The van der Waals surface area contributed by atoms with Gasteiger partial charge < -0.3 is 15.2 Å². The molecule has 0 fully saturated rings. The van der Waals surface area contributed by atoms with Crippen LogP contribution in [0.5, 0.6) is 5.75 Å². The third kappa shape index (κ3) is 4.42. The number of nitrogen functional groups attached to an aromatic ring is 1. The van der Waals surface area contributed by atoms with Gasteiger partial charge >= 0.3 is 5.97 Å². The summed E-state index contributed by atoms with van der Waals surface area (Å²) >= 11 is 0. The summed E-state index contributed by atoms with van der Waals surface area (Å²) in [4.78, 5) is 12.2. The molecule has 3 aromatic carbocycles. The van der Waals surface area contributed by atoms with Crippen molar-refractivity contribution in [2.24, 2.45) is 0 Å². The summed E-state index contributed by atoms with van der Waals surface area (Å²) in [7, 11) is 1.37. The van der Waals surface area contributed by atoms with Gasteiger partial charge in [0.15, 0.2) is 6.10 Å². The molecule has 0 spiro atoms. The van der Waals surface area contributed by atoms with Gasteiger partial charge in [-0.2, -0.15) is 0 Å². The van der Waals surface area contributed by atoms with Crippen LogP contribution in [0.1, 0.15) is 5.56 Å². The van der Waals surface area contributed by atoms with E-state index in [-0.39, 0.29) is 0 Å². The summed E-state index contributed by atoms with van der Waals surface area (Å²) < 4.78 is 10.9. The molecule has 0 aliphatic carbocycles. The Morgan fingerprint density at radius 3 is 2.35 bits per heavy atom. The number of esters is 1. The summed E-state index contributed by atoms with van der Waals surface area (Å²) in [5.74, 6) is 0.220. The van der Waals surface area contributed by atoms with Crippen molar-refractivity contribution in [3.05, 3.63) is 84.4 Å². The van der Waals surface area contributed by atoms with Crippen molar-refractivity contribution in [1.29, 1.82) is 0 Å². The van der Waals surface area contributed by atoms with Crippen LogP contribution in [0.4, 0.5) is 5.69 Å². The monoisotopic (exact) mass is 347 g/mol. The van der Waals surface area contributed by atoms with Gasteiger partial charge in [-0.15, -0.1) is 0 Å². The van der Waals surface area contributed by atoms with E-state index in [2.05, 4.69) is 0 Å². The molecule has 0 bridgehead atoms. The average Bonchev–Trinajstić information content (AvgIpc) is 2.68. The second kappa shape index (κ2) is 8.21. The van der Waals surface area contributed by atoms with Gasteiger partial charge in [-0.25, -0.2) is 4.79 Å². The van der Waals surface area contributed by atoms with Gasteiger partial charge in [-0.05, 0) is 41.0 Å².